The summed E-state index contributed by atoms with van der Waals surface area (Å²) in [5.74, 6) is 0.578. The van der Waals surface area contributed by atoms with Gasteiger partial charge in [0.15, 0.2) is 0 Å². The van der Waals surface area contributed by atoms with Gasteiger partial charge < -0.3 is 4.74 Å². The highest BCUT2D eigenvalue weighted by atomic mass is 16.5. The molecule has 0 spiro atoms. The van der Waals surface area contributed by atoms with Crippen LogP contribution < -0.4 is 0 Å². The van der Waals surface area contributed by atoms with E-state index in [1.807, 2.05) is 18.2 Å². The zero-order valence-electron chi connectivity index (χ0n) is 8.98. The predicted octanol–water partition coefficient (Wildman–Crippen LogP) is 3.03. The first-order valence-corrected chi connectivity index (χ1v) is 5.55. The van der Waals surface area contributed by atoms with Crippen molar-refractivity contribution in [1.29, 1.82) is 0 Å². The van der Waals surface area contributed by atoms with E-state index in [1.54, 1.807) is 12.1 Å². The molecule has 0 saturated heterocycles. The summed E-state index contributed by atoms with van der Waals surface area (Å²) in [6.07, 6.45) is 3.42. The quantitative estimate of drug-likeness (QED) is 0.707. The molecule has 0 aliphatic heterocycles. The van der Waals surface area contributed by atoms with Crippen LogP contribution in [0.4, 0.5) is 0 Å². The molecule has 0 radical (unpaired) electrons. The average molecular weight is 204 g/mol. The number of rotatable bonds is 3. The molecule has 0 atom stereocenters. The van der Waals surface area contributed by atoms with Gasteiger partial charge in [-0.05, 0) is 30.9 Å². The summed E-state index contributed by atoms with van der Waals surface area (Å²) in [4.78, 5) is 11.6. The Hall–Kier alpha value is -1.31. The number of carbonyl (C=O) groups is 1. The molecule has 1 saturated carbocycles. The monoisotopic (exact) mass is 204 g/mol. The van der Waals surface area contributed by atoms with Crippen molar-refractivity contribution in [1.82, 2.24) is 0 Å². The van der Waals surface area contributed by atoms with E-state index in [-0.39, 0.29) is 12.1 Å². The molecule has 0 aromatic heterocycles. The summed E-state index contributed by atoms with van der Waals surface area (Å²) in [6, 6.07) is 9.18. The fourth-order valence-corrected chi connectivity index (χ4v) is 1.90. The van der Waals surface area contributed by atoms with Gasteiger partial charge in [0.2, 0.25) is 0 Å². The molecule has 1 fully saturated rings. The van der Waals surface area contributed by atoms with Crippen LogP contribution in [0.1, 0.15) is 36.5 Å². The molecule has 1 aliphatic rings. The molecule has 0 N–H and O–H groups in total. The van der Waals surface area contributed by atoms with Gasteiger partial charge in [0.05, 0.1) is 5.56 Å². The maximum atomic E-state index is 11.6. The minimum Gasteiger partial charge on any atom is -0.459 e. The van der Waals surface area contributed by atoms with E-state index in [4.69, 9.17) is 4.74 Å². The molecule has 15 heavy (non-hydrogen) atoms. The summed E-state index contributed by atoms with van der Waals surface area (Å²) in [6.45, 7) is 2.18. The Labute approximate surface area is 90.3 Å². The maximum Gasteiger partial charge on any atom is 0.338 e. The van der Waals surface area contributed by atoms with E-state index in [9.17, 15) is 4.79 Å². The molecule has 2 heteroatoms. The Morgan fingerprint density at radius 1 is 1.33 bits per heavy atom. The summed E-state index contributed by atoms with van der Waals surface area (Å²) in [7, 11) is 0. The number of carbonyl (C=O) groups excluding carboxylic acids is 1. The number of hydrogen-bond donors (Lipinski definition) is 0. The second-order valence-electron chi connectivity index (χ2n) is 4.14. The number of ether oxygens (including phenoxy) is 1. The van der Waals surface area contributed by atoms with E-state index < -0.39 is 0 Å². The lowest BCUT2D eigenvalue weighted by Crippen LogP contribution is -2.32. The number of hydrogen-bond acceptors (Lipinski definition) is 2. The van der Waals surface area contributed by atoms with Crippen LogP contribution in [-0.4, -0.2) is 12.1 Å². The van der Waals surface area contributed by atoms with Crippen molar-refractivity contribution >= 4 is 5.97 Å². The third-order valence-corrected chi connectivity index (χ3v) is 3.05. The van der Waals surface area contributed by atoms with Crippen molar-refractivity contribution in [3.8, 4) is 0 Å². The molecule has 0 amide bonds. The lowest BCUT2D eigenvalue weighted by molar-refractivity contribution is -0.0116. The van der Waals surface area contributed by atoms with Crippen molar-refractivity contribution in [2.24, 2.45) is 5.92 Å². The summed E-state index contributed by atoms with van der Waals surface area (Å²) in [5, 5.41) is 0. The van der Waals surface area contributed by atoms with E-state index in [1.165, 1.54) is 6.42 Å². The molecular weight excluding hydrogens is 188 g/mol. The fourth-order valence-electron chi connectivity index (χ4n) is 1.90. The standard InChI is InChI=1S/C13H16O2/c1-2-10-8-12(9-10)15-13(14)11-6-4-3-5-7-11/h3-7,10,12H,2,8-9H2,1H3. The van der Waals surface area contributed by atoms with Crippen LogP contribution >= 0.6 is 0 Å². The Morgan fingerprint density at radius 2 is 2.00 bits per heavy atom. The lowest BCUT2D eigenvalue weighted by atomic mass is 9.80. The van der Waals surface area contributed by atoms with Crippen molar-refractivity contribution in [3.63, 3.8) is 0 Å². The highest BCUT2D eigenvalue weighted by Gasteiger charge is 2.30. The maximum absolute atomic E-state index is 11.6. The van der Waals surface area contributed by atoms with Crippen molar-refractivity contribution in [2.45, 2.75) is 32.3 Å². The highest BCUT2D eigenvalue weighted by molar-refractivity contribution is 5.89. The van der Waals surface area contributed by atoms with Crippen molar-refractivity contribution in [3.05, 3.63) is 35.9 Å². The van der Waals surface area contributed by atoms with Gasteiger partial charge in [-0.15, -0.1) is 0 Å². The molecule has 80 valence electrons. The zero-order chi connectivity index (χ0) is 10.7. The topological polar surface area (TPSA) is 26.3 Å². The van der Waals surface area contributed by atoms with Gasteiger partial charge in [-0.3, -0.25) is 0 Å². The Balaban J connectivity index is 1.84. The molecule has 0 bridgehead atoms. The third kappa shape index (κ3) is 2.38. The van der Waals surface area contributed by atoms with Crippen molar-refractivity contribution in [2.75, 3.05) is 0 Å². The van der Waals surface area contributed by atoms with Gasteiger partial charge in [-0.25, -0.2) is 4.79 Å². The van der Waals surface area contributed by atoms with Crippen LogP contribution in [0, 0.1) is 5.92 Å². The Kier molecular flexibility index (Phi) is 3.05. The van der Waals surface area contributed by atoms with E-state index in [2.05, 4.69) is 6.92 Å². The zero-order valence-corrected chi connectivity index (χ0v) is 8.98. The van der Waals surface area contributed by atoms with Gasteiger partial charge in [-0.1, -0.05) is 31.5 Å². The van der Waals surface area contributed by atoms with Gasteiger partial charge in [0.1, 0.15) is 6.10 Å². The first-order chi connectivity index (χ1) is 7.29. The average Bonchev–Trinajstić information content (AvgIpc) is 2.23. The molecule has 0 heterocycles. The van der Waals surface area contributed by atoms with Crippen molar-refractivity contribution < 1.29 is 9.53 Å². The molecule has 1 aromatic rings. The largest absolute Gasteiger partial charge is 0.459 e. The Morgan fingerprint density at radius 3 is 2.60 bits per heavy atom. The van der Waals surface area contributed by atoms with Gasteiger partial charge in [0.25, 0.3) is 0 Å². The Bertz CT molecular complexity index is 326. The fraction of sp³-hybridized carbons (Fsp3) is 0.462. The molecule has 2 rings (SSSR count). The molecule has 0 unspecified atom stereocenters. The normalized spacial score (nSPS) is 24.3. The van der Waals surface area contributed by atoms with Crippen LogP contribution in [0.5, 0.6) is 0 Å². The second kappa shape index (κ2) is 4.47. The SMILES string of the molecule is CCC1CC(OC(=O)c2ccccc2)C1. The predicted molar refractivity (Wildman–Crippen MR) is 58.7 cm³/mol. The molecule has 2 nitrogen and oxygen atoms in total. The van der Waals surface area contributed by atoms with Crippen LogP contribution in [0.25, 0.3) is 0 Å². The summed E-state index contributed by atoms with van der Waals surface area (Å²) in [5.41, 5.74) is 0.650. The van der Waals surface area contributed by atoms with Gasteiger partial charge in [0, 0.05) is 0 Å². The lowest BCUT2D eigenvalue weighted by Gasteiger charge is -2.33. The smallest absolute Gasteiger partial charge is 0.338 e. The first kappa shape index (κ1) is 10.2. The molecule has 1 aromatic carbocycles. The van der Waals surface area contributed by atoms with E-state index in [0.717, 1.165) is 18.8 Å². The van der Waals surface area contributed by atoms with Gasteiger partial charge in [-0.2, -0.15) is 0 Å². The number of esters is 1. The van der Waals surface area contributed by atoms with E-state index >= 15 is 0 Å². The minimum absolute atomic E-state index is 0.155. The van der Waals surface area contributed by atoms with Crippen LogP contribution in [0.3, 0.4) is 0 Å². The van der Waals surface area contributed by atoms with Crippen LogP contribution in [-0.2, 0) is 4.74 Å². The van der Waals surface area contributed by atoms with Gasteiger partial charge >= 0.3 is 5.97 Å². The van der Waals surface area contributed by atoms with E-state index in [0.29, 0.717) is 5.56 Å². The third-order valence-electron chi connectivity index (χ3n) is 3.05. The van der Waals surface area contributed by atoms with Crippen LogP contribution in [0.2, 0.25) is 0 Å². The first-order valence-electron chi connectivity index (χ1n) is 5.55. The minimum atomic E-state index is -0.185. The number of benzene rings is 1. The van der Waals surface area contributed by atoms with Crippen LogP contribution in [0.15, 0.2) is 30.3 Å². The highest BCUT2D eigenvalue weighted by Crippen LogP contribution is 2.32. The molecular formula is C13H16O2. The second-order valence-corrected chi connectivity index (χ2v) is 4.14. The molecule has 1 aliphatic carbocycles. The summed E-state index contributed by atoms with van der Waals surface area (Å²) >= 11 is 0. The summed E-state index contributed by atoms with van der Waals surface area (Å²) < 4.78 is 5.37.